The molecule has 1 aliphatic carbocycles. The fourth-order valence-corrected chi connectivity index (χ4v) is 5.12. The molecule has 2 heterocycles. The van der Waals surface area contributed by atoms with Crippen molar-refractivity contribution in [3.8, 4) is 11.5 Å². The molecule has 7 nitrogen and oxygen atoms in total. The summed E-state index contributed by atoms with van der Waals surface area (Å²) in [5.41, 5.74) is 1.06. The summed E-state index contributed by atoms with van der Waals surface area (Å²) in [5, 5.41) is 2.77. The SMILES string of the molecule is C[C@]1(c2ccc3c(c2)OCCCO3)NC(=O)N(CC(=O)c2ccc(C3CCCCC3)cc2)C1=O. The van der Waals surface area contributed by atoms with Crippen molar-refractivity contribution >= 4 is 17.7 Å². The van der Waals surface area contributed by atoms with Gasteiger partial charge >= 0.3 is 6.03 Å². The number of urea groups is 1. The monoisotopic (exact) mass is 462 g/mol. The van der Waals surface area contributed by atoms with Crippen molar-refractivity contribution < 1.29 is 23.9 Å². The van der Waals surface area contributed by atoms with Gasteiger partial charge in [-0.05, 0) is 48.9 Å². The van der Waals surface area contributed by atoms with Crippen LogP contribution >= 0.6 is 0 Å². The zero-order chi connectivity index (χ0) is 23.7. The highest BCUT2D eigenvalue weighted by molar-refractivity contribution is 6.11. The summed E-state index contributed by atoms with van der Waals surface area (Å²) in [6, 6.07) is 12.3. The van der Waals surface area contributed by atoms with Crippen LogP contribution in [0.25, 0.3) is 0 Å². The highest BCUT2D eigenvalue weighted by Gasteiger charge is 2.49. The molecule has 0 radical (unpaired) electrons. The lowest BCUT2D eigenvalue weighted by molar-refractivity contribution is -0.130. The predicted octanol–water partition coefficient (Wildman–Crippen LogP) is 4.55. The molecular weight excluding hydrogens is 432 g/mol. The Bertz CT molecular complexity index is 1110. The average molecular weight is 463 g/mol. The second-order valence-electron chi connectivity index (χ2n) is 9.54. The van der Waals surface area contributed by atoms with E-state index in [1.807, 2.05) is 24.3 Å². The summed E-state index contributed by atoms with van der Waals surface area (Å²) in [7, 11) is 0. The normalized spacial score (nSPS) is 22.9. The first kappa shape index (κ1) is 22.4. The van der Waals surface area contributed by atoms with Gasteiger partial charge in [0.1, 0.15) is 5.54 Å². The number of rotatable bonds is 5. The van der Waals surface area contributed by atoms with Crippen molar-refractivity contribution in [3.05, 3.63) is 59.2 Å². The van der Waals surface area contributed by atoms with E-state index in [2.05, 4.69) is 5.32 Å². The van der Waals surface area contributed by atoms with Gasteiger partial charge in [0.25, 0.3) is 5.91 Å². The number of hydrogen-bond acceptors (Lipinski definition) is 5. The van der Waals surface area contributed by atoms with Gasteiger partial charge in [0.15, 0.2) is 17.3 Å². The van der Waals surface area contributed by atoms with Crippen LogP contribution < -0.4 is 14.8 Å². The number of carbonyl (C=O) groups excluding carboxylic acids is 3. The number of fused-ring (bicyclic) bond motifs is 1. The van der Waals surface area contributed by atoms with Gasteiger partial charge in [0.2, 0.25) is 0 Å². The number of hydrogen-bond donors (Lipinski definition) is 1. The molecule has 2 aromatic carbocycles. The Morgan fingerprint density at radius 2 is 1.68 bits per heavy atom. The van der Waals surface area contributed by atoms with Gasteiger partial charge in [-0.15, -0.1) is 0 Å². The number of imide groups is 1. The Kier molecular flexibility index (Phi) is 6.02. The molecule has 1 atom stereocenters. The molecule has 0 bridgehead atoms. The van der Waals surface area contributed by atoms with Crippen molar-refractivity contribution in [3.63, 3.8) is 0 Å². The standard InChI is InChI=1S/C27H30N2O5/c1-27(21-12-13-23-24(16-21)34-15-5-14-33-23)25(31)29(26(32)28-27)17-22(30)20-10-8-19(9-11-20)18-6-3-2-4-7-18/h8-13,16,18H,2-7,14-15,17H2,1H3,(H,28,32)/t27-/m1/s1. The van der Waals surface area contributed by atoms with Crippen molar-refractivity contribution in [1.29, 1.82) is 0 Å². The Balaban J connectivity index is 1.30. The Labute approximate surface area is 199 Å². The summed E-state index contributed by atoms with van der Waals surface area (Å²) in [5.74, 6) is 0.997. The lowest BCUT2D eigenvalue weighted by atomic mass is 9.84. The molecule has 0 aromatic heterocycles. The van der Waals surface area contributed by atoms with Gasteiger partial charge in [0, 0.05) is 12.0 Å². The Hall–Kier alpha value is -3.35. The van der Waals surface area contributed by atoms with Gasteiger partial charge in [-0.2, -0.15) is 0 Å². The van der Waals surface area contributed by atoms with Gasteiger partial charge in [0.05, 0.1) is 19.8 Å². The first-order chi connectivity index (χ1) is 16.5. The molecule has 2 fully saturated rings. The van der Waals surface area contributed by atoms with Crippen molar-refractivity contribution in [1.82, 2.24) is 10.2 Å². The quantitative estimate of drug-likeness (QED) is 0.521. The maximum Gasteiger partial charge on any atom is 0.325 e. The molecule has 1 N–H and O–H groups in total. The number of carbonyl (C=O) groups is 3. The minimum absolute atomic E-state index is 0.262. The van der Waals surface area contributed by atoms with E-state index in [4.69, 9.17) is 9.47 Å². The van der Waals surface area contributed by atoms with Crippen LogP contribution in [0.15, 0.2) is 42.5 Å². The molecule has 2 aromatic rings. The van der Waals surface area contributed by atoms with E-state index < -0.39 is 17.5 Å². The fourth-order valence-electron chi connectivity index (χ4n) is 5.12. The van der Waals surface area contributed by atoms with Crippen LogP contribution in [0.4, 0.5) is 4.79 Å². The molecule has 0 unspecified atom stereocenters. The zero-order valence-electron chi connectivity index (χ0n) is 19.5. The van der Waals surface area contributed by atoms with E-state index in [1.165, 1.54) is 37.7 Å². The number of Topliss-reactive ketones (excluding diaryl/α,β-unsaturated/α-hetero) is 1. The molecular formula is C27H30N2O5. The van der Waals surface area contributed by atoms with Crippen LogP contribution in [0, 0.1) is 0 Å². The van der Waals surface area contributed by atoms with Gasteiger partial charge in [-0.1, -0.05) is 49.6 Å². The van der Waals surface area contributed by atoms with Gasteiger partial charge in [-0.25, -0.2) is 4.79 Å². The van der Waals surface area contributed by atoms with E-state index >= 15 is 0 Å². The summed E-state index contributed by atoms with van der Waals surface area (Å²) >= 11 is 0. The number of nitrogens with zero attached hydrogens (tertiary/aromatic N) is 1. The van der Waals surface area contributed by atoms with Crippen LogP contribution in [-0.4, -0.2) is 42.4 Å². The summed E-state index contributed by atoms with van der Waals surface area (Å²) in [4.78, 5) is 40.0. The number of benzene rings is 2. The lowest BCUT2D eigenvalue weighted by Crippen LogP contribution is -2.41. The molecule has 0 spiro atoms. The molecule has 2 aliphatic heterocycles. The minimum atomic E-state index is -1.28. The van der Waals surface area contributed by atoms with Gasteiger partial charge < -0.3 is 14.8 Å². The minimum Gasteiger partial charge on any atom is -0.490 e. The van der Waals surface area contributed by atoms with Crippen LogP contribution in [0.1, 0.15) is 72.9 Å². The summed E-state index contributed by atoms with van der Waals surface area (Å²) < 4.78 is 11.4. The van der Waals surface area contributed by atoms with E-state index in [9.17, 15) is 14.4 Å². The first-order valence-corrected chi connectivity index (χ1v) is 12.1. The maximum absolute atomic E-state index is 13.3. The van der Waals surface area contributed by atoms with E-state index in [-0.39, 0.29) is 12.3 Å². The highest BCUT2D eigenvalue weighted by atomic mass is 16.5. The van der Waals surface area contributed by atoms with E-state index in [0.29, 0.717) is 41.8 Å². The molecule has 1 saturated heterocycles. The van der Waals surface area contributed by atoms with Crippen LogP contribution in [-0.2, 0) is 10.3 Å². The average Bonchev–Trinajstić information content (AvgIpc) is 3.02. The molecule has 7 heteroatoms. The number of ether oxygens (including phenoxy) is 2. The van der Waals surface area contributed by atoms with Crippen molar-refractivity contribution in [2.75, 3.05) is 19.8 Å². The Morgan fingerprint density at radius 3 is 2.41 bits per heavy atom. The number of amides is 3. The second-order valence-corrected chi connectivity index (χ2v) is 9.54. The number of nitrogens with one attached hydrogen (secondary N) is 1. The third-order valence-electron chi connectivity index (χ3n) is 7.21. The van der Waals surface area contributed by atoms with Gasteiger partial charge in [-0.3, -0.25) is 14.5 Å². The Morgan fingerprint density at radius 1 is 0.971 bits per heavy atom. The van der Waals surface area contributed by atoms with Crippen LogP contribution in [0.5, 0.6) is 11.5 Å². The lowest BCUT2D eigenvalue weighted by Gasteiger charge is -2.23. The largest absolute Gasteiger partial charge is 0.490 e. The zero-order valence-corrected chi connectivity index (χ0v) is 19.5. The van der Waals surface area contributed by atoms with Crippen LogP contribution in [0.3, 0.4) is 0 Å². The van der Waals surface area contributed by atoms with Crippen molar-refractivity contribution in [2.45, 2.75) is 56.9 Å². The molecule has 1 saturated carbocycles. The van der Waals surface area contributed by atoms with E-state index in [1.54, 1.807) is 25.1 Å². The van der Waals surface area contributed by atoms with Crippen molar-refractivity contribution in [2.24, 2.45) is 0 Å². The predicted molar refractivity (Wildman–Crippen MR) is 126 cm³/mol. The molecule has 5 rings (SSSR count). The maximum atomic E-state index is 13.3. The van der Waals surface area contributed by atoms with Crippen LogP contribution in [0.2, 0.25) is 0 Å². The third kappa shape index (κ3) is 4.15. The summed E-state index contributed by atoms with van der Waals surface area (Å²) in [6.45, 7) is 2.44. The topological polar surface area (TPSA) is 84.9 Å². The third-order valence-corrected chi connectivity index (χ3v) is 7.21. The first-order valence-electron chi connectivity index (χ1n) is 12.1. The second kappa shape index (κ2) is 9.12. The summed E-state index contributed by atoms with van der Waals surface area (Å²) in [6.07, 6.45) is 6.94. The molecule has 34 heavy (non-hydrogen) atoms. The highest BCUT2D eigenvalue weighted by Crippen LogP contribution is 2.37. The smallest absolute Gasteiger partial charge is 0.325 e. The number of ketones is 1. The molecule has 178 valence electrons. The molecule has 3 aliphatic rings. The van der Waals surface area contributed by atoms with E-state index in [0.717, 1.165) is 11.3 Å². The molecule has 3 amide bonds. The fraction of sp³-hybridized carbons (Fsp3) is 0.444.